The molecule has 5 aliphatic heterocycles. The molecule has 1 saturated carbocycles. The van der Waals surface area contributed by atoms with Crippen molar-refractivity contribution in [3.05, 3.63) is 35.4 Å². The number of hydrogen-bond acceptors (Lipinski definition) is 10. The van der Waals surface area contributed by atoms with Gasteiger partial charge in [0.2, 0.25) is 0 Å². The fourth-order valence-corrected chi connectivity index (χ4v) is 8.25. The predicted octanol–water partition coefficient (Wildman–Crippen LogP) is 4.70. The number of fused-ring (bicyclic) bond motifs is 5. The molecule has 3 atom stereocenters. The van der Waals surface area contributed by atoms with Crippen molar-refractivity contribution in [3.8, 4) is 17.2 Å². The van der Waals surface area contributed by atoms with E-state index in [1.54, 1.807) is 12.1 Å². The van der Waals surface area contributed by atoms with E-state index in [1.165, 1.54) is 18.4 Å². The molecule has 0 spiro atoms. The summed E-state index contributed by atoms with van der Waals surface area (Å²) in [6.07, 6.45) is -9.25. The maximum atomic E-state index is 14.0. The average molecular weight is 669 g/mol. The van der Waals surface area contributed by atoms with E-state index in [4.69, 9.17) is 19.2 Å². The Hall–Kier alpha value is -3.96. The number of methoxy groups -OCH3 is 1. The van der Waals surface area contributed by atoms with Gasteiger partial charge in [0, 0.05) is 12.6 Å². The standard InChI is InChI=1S/C29H25F5N4O7S/c1-41-18-3-2-16-22(46-26(37-16)38-13-4-14(38)10-42-9-13)21(18)25(40)36-17-6-20-19(43-29(33,34)44-20)5-15(17)24(39)35-11-27-7-12(8-27)23(45-27)28(30,31)32/h2-3,5-6,12-14,23H,4,7-11H2,1H3,(H,35,39)(H,36,40). The van der Waals surface area contributed by atoms with Crippen LogP contribution in [-0.2, 0) is 9.47 Å². The Morgan fingerprint density at radius 2 is 1.83 bits per heavy atom. The first-order chi connectivity index (χ1) is 21.8. The van der Waals surface area contributed by atoms with Gasteiger partial charge in [-0.15, -0.1) is 8.78 Å². The van der Waals surface area contributed by atoms with E-state index in [0.717, 1.165) is 18.6 Å². The van der Waals surface area contributed by atoms with Gasteiger partial charge in [0.1, 0.15) is 11.3 Å². The van der Waals surface area contributed by atoms with Gasteiger partial charge < -0.3 is 39.2 Å². The zero-order valence-corrected chi connectivity index (χ0v) is 24.7. The number of amides is 2. The van der Waals surface area contributed by atoms with Crippen molar-refractivity contribution < 1.29 is 55.2 Å². The molecule has 11 nitrogen and oxygen atoms in total. The van der Waals surface area contributed by atoms with Crippen LogP contribution in [-0.4, -0.2) is 79.9 Å². The van der Waals surface area contributed by atoms with Gasteiger partial charge in [0.25, 0.3) is 11.8 Å². The van der Waals surface area contributed by atoms with Crippen molar-refractivity contribution >= 4 is 44.2 Å². The third-order valence-corrected chi connectivity index (χ3v) is 10.2. The SMILES string of the molecule is COc1ccc2nc(N3C4COCC3C4)sc2c1C(=O)Nc1cc2c(cc1C(=O)NCC13CC(C1)C(C(F)(F)F)O3)OC(F)(F)O2. The number of anilines is 2. The first-order valence-corrected chi connectivity index (χ1v) is 15.3. The molecule has 4 saturated heterocycles. The van der Waals surface area contributed by atoms with Gasteiger partial charge in [-0.25, -0.2) is 4.98 Å². The Morgan fingerprint density at radius 1 is 1.11 bits per heavy atom. The maximum absolute atomic E-state index is 14.0. The van der Waals surface area contributed by atoms with Gasteiger partial charge in [-0.1, -0.05) is 11.3 Å². The third kappa shape index (κ3) is 4.69. The summed E-state index contributed by atoms with van der Waals surface area (Å²) in [6, 6.07) is 5.67. The normalized spacial score (nSPS) is 28.4. The number of benzene rings is 2. The summed E-state index contributed by atoms with van der Waals surface area (Å²) in [5.41, 5.74) is -1.04. The van der Waals surface area contributed by atoms with Crippen LogP contribution in [0, 0.1) is 5.92 Å². The number of alkyl halides is 5. The van der Waals surface area contributed by atoms with Gasteiger partial charge in [0.15, 0.2) is 22.7 Å². The number of nitrogens with one attached hydrogen (secondary N) is 2. The number of carbonyl (C=O) groups is 2. The molecular weight excluding hydrogens is 643 g/mol. The van der Waals surface area contributed by atoms with Crippen molar-refractivity contribution in [3.63, 3.8) is 0 Å². The van der Waals surface area contributed by atoms with Gasteiger partial charge in [-0.2, -0.15) is 13.2 Å². The van der Waals surface area contributed by atoms with Crippen molar-refractivity contribution in [2.24, 2.45) is 5.92 Å². The molecule has 6 aliphatic rings. The maximum Gasteiger partial charge on any atom is 0.586 e. The first kappa shape index (κ1) is 29.4. The minimum absolute atomic E-state index is 0.108. The zero-order chi connectivity index (χ0) is 32.2. The molecular formula is C29H25F5N4O7S. The van der Waals surface area contributed by atoms with Gasteiger partial charge >= 0.3 is 12.5 Å². The van der Waals surface area contributed by atoms with Gasteiger partial charge in [-0.3, -0.25) is 9.59 Å². The minimum Gasteiger partial charge on any atom is -0.496 e. The van der Waals surface area contributed by atoms with Crippen molar-refractivity contribution in [1.82, 2.24) is 10.3 Å². The van der Waals surface area contributed by atoms with Gasteiger partial charge in [-0.05, 0) is 43.4 Å². The van der Waals surface area contributed by atoms with E-state index >= 15 is 0 Å². The summed E-state index contributed by atoms with van der Waals surface area (Å²) >= 11 is 1.29. The smallest absolute Gasteiger partial charge is 0.496 e. The summed E-state index contributed by atoms with van der Waals surface area (Å²) in [6.45, 7) is 0.898. The highest BCUT2D eigenvalue weighted by atomic mass is 32.1. The molecule has 2 amide bonds. The molecule has 9 rings (SSSR count). The third-order valence-electron chi connectivity index (χ3n) is 9.13. The molecule has 6 heterocycles. The molecule has 0 radical (unpaired) electrons. The molecule has 1 aliphatic carbocycles. The largest absolute Gasteiger partial charge is 0.586 e. The minimum atomic E-state index is -4.53. The Kier molecular flexibility index (Phi) is 6.41. The molecule has 17 heteroatoms. The Bertz CT molecular complexity index is 1760. The lowest BCUT2D eigenvalue weighted by Gasteiger charge is -2.52. The summed E-state index contributed by atoms with van der Waals surface area (Å²) in [5, 5.41) is 5.87. The average Bonchev–Trinajstić information content (AvgIpc) is 3.74. The Labute approximate surface area is 260 Å². The molecule has 244 valence electrons. The highest BCUT2D eigenvalue weighted by molar-refractivity contribution is 7.22. The molecule has 4 bridgehead atoms. The molecule has 2 aromatic carbocycles. The summed E-state index contributed by atoms with van der Waals surface area (Å²) in [5.74, 6) is -2.95. The van der Waals surface area contributed by atoms with E-state index in [1.807, 2.05) is 0 Å². The van der Waals surface area contributed by atoms with Crippen molar-refractivity contribution in [2.45, 2.75) is 55.5 Å². The second-order valence-corrected chi connectivity index (χ2v) is 13.0. The zero-order valence-electron chi connectivity index (χ0n) is 23.9. The van der Waals surface area contributed by atoms with Crippen molar-refractivity contribution in [1.29, 1.82) is 0 Å². The number of rotatable bonds is 7. The first-order valence-electron chi connectivity index (χ1n) is 14.4. The quantitative estimate of drug-likeness (QED) is 0.346. The summed E-state index contributed by atoms with van der Waals surface area (Å²) < 4.78 is 93.7. The number of hydrogen-bond donors (Lipinski definition) is 2. The second kappa shape index (κ2) is 10.0. The lowest BCUT2D eigenvalue weighted by atomic mass is 9.72. The van der Waals surface area contributed by atoms with E-state index in [0.29, 0.717) is 28.6 Å². The predicted molar refractivity (Wildman–Crippen MR) is 151 cm³/mol. The monoisotopic (exact) mass is 668 g/mol. The number of aromatic nitrogens is 1. The van der Waals surface area contributed by atoms with E-state index in [9.17, 15) is 31.5 Å². The number of thiazole rings is 1. The second-order valence-electron chi connectivity index (χ2n) is 12.1. The lowest BCUT2D eigenvalue weighted by molar-refractivity contribution is -0.286. The van der Waals surface area contributed by atoms with Crippen LogP contribution in [0.5, 0.6) is 17.2 Å². The fraction of sp³-hybridized carbons (Fsp3) is 0.483. The van der Waals surface area contributed by atoms with E-state index in [-0.39, 0.29) is 54.0 Å². The number of halogens is 5. The number of nitrogens with zero attached hydrogens (tertiary/aromatic N) is 2. The van der Waals surface area contributed by atoms with Crippen LogP contribution in [0.15, 0.2) is 24.3 Å². The van der Waals surface area contributed by atoms with Crippen LogP contribution in [0.4, 0.5) is 32.8 Å². The molecule has 5 fully saturated rings. The molecule has 1 aromatic heterocycles. The van der Waals surface area contributed by atoms with Crippen LogP contribution in [0.3, 0.4) is 0 Å². The molecule has 3 aromatic rings. The van der Waals surface area contributed by atoms with Crippen molar-refractivity contribution in [2.75, 3.05) is 37.1 Å². The molecule has 2 N–H and O–H groups in total. The summed E-state index contributed by atoms with van der Waals surface area (Å²) in [4.78, 5) is 34.2. The number of ether oxygens (including phenoxy) is 5. The topological polar surface area (TPSA) is 120 Å². The fourth-order valence-electron chi connectivity index (χ4n) is 7.01. The van der Waals surface area contributed by atoms with Crippen LogP contribution in [0.25, 0.3) is 10.2 Å². The summed E-state index contributed by atoms with van der Waals surface area (Å²) in [7, 11) is 1.39. The van der Waals surface area contributed by atoms with E-state index in [2.05, 4.69) is 25.0 Å². The highest BCUT2D eigenvalue weighted by Crippen LogP contribution is 2.56. The van der Waals surface area contributed by atoms with Gasteiger partial charge in [0.05, 0.1) is 59.5 Å². The Morgan fingerprint density at radius 3 is 2.48 bits per heavy atom. The number of morpholine rings is 1. The van der Waals surface area contributed by atoms with E-state index < -0.39 is 53.4 Å². The lowest BCUT2D eigenvalue weighted by Crippen LogP contribution is -2.64. The van der Waals surface area contributed by atoms with Crippen LogP contribution < -0.4 is 29.7 Å². The number of carbonyl (C=O) groups excluding carboxylic acids is 2. The molecule has 46 heavy (non-hydrogen) atoms. The van der Waals surface area contributed by atoms with Crippen LogP contribution >= 0.6 is 11.3 Å². The van der Waals surface area contributed by atoms with Crippen LogP contribution in [0.1, 0.15) is 40.0 Å². The molecule has 3 unspecified atom stereocenters. The Balaban J connectivity index is 1.09. The van der Waals surface area contributed by atoms with Crippen LogP contribution in [0.2, 0.25) is 0 Å². The highest BCUT2D eigenvalue weighted by Gasteiger charge is 2.65.